The predicted octanol–water partition coefficient (Wildman–Crippen LogP) is 2.14. The fourth-order valence-corrected chi connectivity index (χ4v) is 2.04. The monoisotopic (exact) mass is 224 g/mol. The lowest BCUT2D eigenvalue weighted by Crippen LogP contribution is -2.53. The van der Waals surface area contributed by atoms with Crippen LogP contribution in [0.4, 0.5) is 13.2 Å². The van der Waals surface area contributed by atoms with Crippen molar-refractivity contribution >= 4 is 0 Å². The van der Waals surface area contributed by atoms with Gasteiger partial charge in [-0.25, -0.2) is 0 Å². The molecule has 1 saturated heterocycles. The van der Waals surface area contributed by atoms with E-state index in [0.29, 0.717) is 13.0 Å². The van der Waals surface area contributed by atoms with Gasteiger partial charge in [0.15, 0.2) is 0 Å². The summed E-state index contributed by atoms with van der Waals surface area (Å²) in [6.07, 6.45) is -2.68. The van der Waals surface area contributed by atoms with E-state index in [1.807, 2.05) is 6.92 Å². The van der Waals surface area contributed by atoms with Gasteiger partial charge in [0.05, 0.1) is 0 Å². The van der Waals surface area contributed by atoms with Crippen LogP contribution in [0.25, 0.3) is 0 Å². The minimum Gasteiger partial charge on any atom is -0.318 e. The molecule has 1 fully saturated rings. The number of rotatable bonds is 2. The second-order valence-corrected chi connectivity index (χ2v) is 4.35. The molecule has 0 aromatic carbocycles. The molecule has 0 spiro atoms. The lowest BCUT2D eigenvalue weighted by atomic mass is 9.91. The van der Waals surface area contributed by atoms with Crippen LogP contribution in [0.1, 0.15) is 32.6 Å². The van der Waals surface area contributed by atoms with Gasteiger partial charge in [-0.1, -0.05) is 6.92 Å². The molecule has 1 aliphatic rings. The van der Waals surface area contributed by atoms with Gasteiger partial charge < -0.3 is 10.6 Å². The average Bonchev–Trinajstić information content (AvgIpc) is 2.29. The zero-order valence-corrected chi connectivity index (χ0v) is 9.11. The van der Waals surface area contributed by atoms with Gasteiger partial charge in [-0.3, -0.25) is 0 Å². The maximum atomic E-state index is 12.7. The van der Waals surface area contributed by atoms with Crippen LogP contribution in [-0.4, -0.2) is 36.2 Å². The van der Waals surface area contributed by atoms with Gasteiger partial charge in [0.1, 0.15) is 5.54 Å². The Morgan fingerprint density at radius 1 is 1.27 bits per heavy atom. The molecule has 0 bridgehead atoms. The summed E-state index contributed by atoms with van der Waals surface area (Å²) in [6, 6.07) is 0. The molecule has 1 heterocycles. The molecule has 0 saturated carbocycles. The van der Waals surface area contributed by atoms with E-state index in [1.165, 1.54) is 0 Å². The predicted molar refractivity (Wildman–Crippen MR) is 53.6 cm³/mol. The van der Waals surface area contributed by atoms with E-state index in [9.17, 15) is 13.2 Å². The summed E-state index contributed by atoms with van der Waals surface area (Å²) in [7, 11) is 0. The maximum Gasteiger partial charge on any atom is 0.406 e. The number of nitrogens with two attached hydrogens (primary N) is 1. The van der Waals surface area contributed by atoms with E-state index < -0.39 is 11.7 Å². The minimum absolute atomic E-state index is 0.0243. The highest BCUT2D eigenvalue weighted by Gasteiger charge is 2.51. The third-order valence-electron chi connectivity index (χ3n) is 3.08. The van der Waals surface area contributed by atoms with Crippen molar-refractivity contribution in [2.75, 3.05) is 19.6 Å². The molecule has 1 rings (SSSR count). The normalized spacial score (nSPS) is 30.2. The first-order valence-electron chi connectivity index (χ1n) is 5.47. The Morgan fingerprint density at radius 2 is 1.93 bits per heavy atom. The molecule has 0 amide bonds. The van der Waals surface area contributed by atoms with Crippen molar-refractivity contribution < 1.29 is 13.2 Å². The lowest BCUT2D eigenvalue weighted by Gasteiger charge is -2.30. The summed E-state index contributed by atoms with van der Waals surface area (Å²) in [5.41, 5.74) is 3.48. The zero-order chi connectivity index (χ0) is 11.5. The first-order valence-corrected chi connectivity index (χ1v) is 5.47. The number of alkyl halides is 3. The van der Waals surface area contributed by atoms with E-state index in [4.69, 9.17) is 5.73 Å². The smallest absolute Gasteiger partial charge is 0.318 e. The van der Waals surface area contributed by atoms with Crippen molar-refractivity contribution in [3.63, 3.8) is 0 Å². The van der Waals surface area contributed by atoms with Crippen molar-refractivity contribution in [1.29, 1.82) is 0 Å². The third-order valence-corrected chi connectivity index (χ3v) is 3.08. The molecule has 0 radical (unpaired) electrons. The molecule has 0 aromatic rings. The molecule has 2 nitrogen and oxygen atoms in total. The number of halogens is 3. The number of nitrogens with zero attached hydrogens (tertiary/aromatic N) is 1. The standard InChI is InChI=1S/C10H19F3N2/c1-2-6-15-7-3-4-9(14,5-8-15)10(11,12)13/h2-8,14H2,1H3. The topological polar surface area (TPSA) is 29.3 Å². The second-order valence-electron chi connectivity index (χ2n) is 4.35. The third kappa shape index (κ3) is 3.08. The Balaban J connectivity index is 2.59. The van der Waals surface area contributed by atoms with E-state index >= 15 is 0 Å². The van der Waals surface area contributed by atoms with Crippen LogP contribution in [-0.2, 0) is 0 Å². The van der Waals surface area contributed by atoms with Crippen molar-refractivity contribution in [3.05, 3.63) is 0 Å². The van der Waals surface area contributed by atoms with Crippen LogP contribution >= 0.6 is 0 Å². The molecule has 1 aliphatic heterocycles. The van der Waals surface area contributed by atoms with Crippen LogP contribution in [0, 0.1) is 0 Å². The van der Waals surface area contributed by atoms with E-state index in [1.54, 1.807) is 0 Å². The second kappa shape index (κ2) is 4.70. The molecule has 5 heteroatoms. The van der Waals surface area contributed by atoms with Gasteiger partial charge >= 0.3 is 6.18 Å². The number of likely N-dealkylation sites (tertiary alicyclic amines) is 1. The molecular formula is C10H19F3N2. The first-order chi connectivity index (χ1) is 6.89. The zero-order valence-electron chi connectivity index (χ0n) is 9.11. The fourth-order valence-electron chi connectivity index (χ4n) is 2.04. The van der Waals surface area contributed by atoms with Crippen LogP contribution in [0.15, 0.2) is 0 Å². The van der Waals surface area contributed by atoms with Gasteiger partial charge in [0.2, 0.25) is 0 Å². The molecule has 1 atom stereocenters. The minimum atomic E-state index is -4.27. The van der Waals surface area contributed by atoms with Gasteiger partial charge in [0, 0.05) is 6.54 Å². The van der Waals surface area contributed by atoms with Crippen LogP contribution in [0.3, 0.4) is 0 Å². The Kier molecular flexibility index (Phi) is 4.00. The van der Waals surface area contributed by atoms with Crippen molar-refractivity contribution in [3.8, 4) is 0 Å². The highest BCUT2D eigenvalue weighted by molar-refractivity contribution is 4.94. The molecule has 1 unspecified atom stereocenters. The Labute approximate surface area is 88.6 Å². The van der Waals surface area contributed by atoms with Crippen molar-refractivity contribution in [2.45, 2.75) is 44.3 Å². The van der Waals surface area contributed by atoms with E-state index in [0.717, 1.165) is 19.5 Å². The average molecular weight is 224 g/mol. The Hall–Kier alpha value is -0.290. The highest BCUT2D eigenvalue weighted by atomic mass is 19.4. The first kappa shape index (κ1) is 12.8. The summed E-state index contributed by atoms with van der Waals surface area (Å²) in [5, 5.41) is 0. The Bertz CT molecular complexity index is 205. The number of hydrogen-bond acceptors (Lipinski definition) is 2. The van der Waals surface area contributed by atoms with Gasteiger partial charge in [0.25, 0.3) is 0 Å². The van der Waals surface area contributed by atoms with Crippen LogP contribution < -0.4 is 5.73 Å². The van der Waals surface area contributed by atoms with Crippen LogP contribution in [0.5, 0.6) is 0 Å². The summed E-state index contributed by atoms with van der Waals surface area (Å²) in [5.74, 6) is 0. The van der Waals surface area contributed by atoms with Crippen molar-refractivity contribution in [1.82, 2.24) is 4.90 Å². The van der Waals surface area contributed by atoms with Gasteiger partial charge in [-0.2, -0.15) is 13.2 Å². The summed E-state index contributed by atoms with van der Waals surface area (Å²) in [4.78, 5) is 2.07. The number of hydrogen-bond donors (Lipinski definition) is 1. The summed E-state index contributed by atoms with van der Waals surface area (Å²) >= 11 is 0. The molecule has 0 aliphatic carbocycles. The lowest BCUT2D eigenvalue weighted by molar-refractivity contribution is -0.189. The quantitative estimate of drug-likeness (QED) is 0.778. The SMILES string of the molecule is CCCN1CCCC(N)(C(F)(F)F)CC1. The summed E-state index contributed by atoms with van der Waals surface area (Å²) < 4.78 is 38.0. The van der Waals surface area contributed by atoms with E-state index in [-0.39, 0.29) is 12.8 Å². The molecule has 15 heavy (non-hydrogen) atoms. The Morgan fingerprint density at radius 3 is 2.47 bits per heavy atom. The van der Waals surface area contributed by atoms with Gasteiger partial charge in [-0.15, -0.1) is 0 Å². The van der Waals surface area contributed by atoms with Crippen molar-refractivity contribution in [2.24, 2.45) is 5.73 Å². The van der Waals surface area contributed by atoms with Crippen LogP contribution in [0.2, 0.25) is 0 Å². The van der Waals surface area contributed by atoms with E-state index in [2.05, 4.69) is 4.90 Å². The molecule has 0 aromatic heterocycles. The molecule has 2 N–H and O–H groups in total. The largest absolute Gasteiger partial charge is 0.406 e. The molecule has 90 valence electrons. The summed E-state index contributed by atoms with van der Waals surface area (Å²) in [6.45, 7) is 4.10. The fraction of sp³-hybridized carbons (Fsp3) is 1.00. The maximum absolute atomic E-state index is 12.7. The molecular weight excluding hydrogens is 205 g/mol. The van der Waals surface area contributed by atoms with Gasteiger partial charge in [-0.05, 0) is 38.8 Å². The highest BCUT2D eigenvalue weighted by Crippen LogP contribution is 2.36.